The summed E-state index contributed by atoms with van der Waals surface area (Å²) in [5, 5.41) is 5.79. The van der Waals surface area contributed by atoms with E-state index < -0.39 is 17.6 Å². The van der Waals surface area contributed by atoms with Crippen molar-refractivity contribution < 1.29 is 18.3 Å². The van der Waals surface area contributed by atoms with Gasteiger partial charge in [-0.1, -0.05) is 12.1 Å². The molecule has 26 heavy (non-hydrogen) atoms. The average molecular weight is 356 g/mol. The number of nitrogens with zero attached hydrogens (tertiary/aromatic N) is 2. The van der Waals surface area contributed by atoms with Crippen molar-refractivity contribution in [2.75, 3.05) is 17.7 Å². The predicted molar refractivity (Wildman–Crippen MR) is 92.7 cm³/mol. The molecule has 0 saturated carbocycles. The van der Waals surface area contributed by atoms with Gasteiger partial charge in [0.2, 0.25) is 5.95 Å². The fourth-order valence-electron chi connectivity index (χ4n) is 2.21. The highest BCUT2D eigenvalue weighted by Gasteiger charge is 2.12. The highest BCUT2D eigenvalue weighted by atomic mass is 19.2. The first-order valence-corrected chi connectivity index (χ1v) is 7.56. The predicted octanol–water partition coefficient (Wildman–Crippen LogP) is 4.03. The molecular formula is C18H14F2N4O2. The molecule has 3 aromatic rings. The molecule has 8 heteroatoms. The molecule has 0 unspecified atom stereocenters. The van der Waals surface area contributed by atoms with E-state index in [2.05, 4.69) is 20.6 Å². The van der Waals surface area contributed by atoms with Gasteiger partial charge in [0.15, 0.2) is 11.6 Å². The Morgan fingerprint density at radius 2 is 1.85 bits per heavy atom. The van der Waals surface area contributed by atoms with E-state index in [1.807, 2.05) is 0 Å². The molecule has 1 aromatic heterocycles. The summed E-state index contributed by atoms with van der Waals surface area (Å²) in [6.07, 6.45) is 1.48. The SMILES string of the molecule is COC(=O)c1ccccc1Nc1ccnc(Nc2ccc(F)c(F)c2)n1. The Hall–Kier alpha value is -3.55. The van der Waals surface area contributed by atoms with Crippen LogP contribution in [0.4, 0.5) is 31.9 Å². The van der Waals surface area contributed by atoms with Crippen molar-refractivity contribution in [3.8, 4) is 0 Å². The molecule has 3 rings (SSSR count). The molecule has 0 spiro atoms. The minimum absolute atomic E-state index is 0.177. The van der Waals surface area contributed by atoms with E-state index in [1.54, 1.807) is 30.3 Å². The van der Waals surface area contributed by atoms with Crippen LogP contribution in [0.1, 0.15) is 10.4 Å². The minimum atomic E-state index is -0.976. The zero-order valence-corrected chi connectivity index (χ0v) is 13.7. The van der Waals surface area contributed by atoms with E-state index in [-0.39, 0.29) is 5.95 Å². The van der Waals surface area contributed by atoms with Crippen LogP contribution in [0.15, 0.2) is 54.7 Å². The van der Waals surface area contributed by atoms with Gasteiger partial charge in [-0.25, -0.2) is 18.6 Å². The zero-order chi connectivity index (χ0) is 18.5. The molecule has 0 bridgehead atoms. The van der Waals surface area contributed by atoms with Crippen molar-refractivity contribution >= 4 is 29.1 Å². The number of methoxy groups -OCH3 is 1. The van der Waals surface area contributed by atoms with Crippen molar-refractivity contribution in [2.45, 2.75) is 0 Å². The van der Waals surface area contributed by atoms with Gasteiger partial charge in [-0.15, -0.1) is 0 Å². The Labute approximate surface area is 147 Å². The first-order chi connectivity index (χ1) is 12.6. The Balaban J connectivity index is 1.82. The van der Waals surface area contributed by atoms with Gasteiger partial charge >= 0.3 is 5.97 Å². The van der Waals surface area contributed by atoms with Crippen molar-refractivity contribution in [1.29, 1.82) is 0 Å². The highest BCUT2D eigenvalue weighted by molar-refractivity contribution is 5.96. The standard InChI is InChI=1S/C18H14F2N4O2/c1-26-17(25)12-4-2-3-5-15(12)23-16-8-9-21-18(24-16)22-11-6-7-13(19)14(20)10-11/h2-10H,1H3,(H2,21,22,23,24). The number of carbonyl (C=O) groups is 1. The van der Waals surface area contributed by atoms with E-state index in [1.165, 1.54) is 19.4 Å². The van der Waals surface area contributed by atoms with E-state index in [4.69, 9.17) is 4.74 Å². The molecule has 0 atom stereocenters. The fourth-order valence-corrected chi connectivity index (χ4v) is 2.21. The Morgan fingerprint density at radius 3 is 2.62 bits per heavy atom. The van der Waals surface area contributed by atoms with Crippen LogP contribution in [0, 0.1) is 11.6 Å². The lowest BCUT2D eigenvalue weighted by atomic mass is 10.2. The maximum absolute atomic E-state index is 13.3. The molecule has 0 aliphatic carbocycles. The molecule has 0 aliphatic heterocycles. The lowest BCUT2D eigenvalue weighted by Crippen LogP contribution is -2.06. The fraction of sp³-hybridized carbons (Fsp3) is 0.0556. The van der Waals surface area contributed by atoms with Crippen molar-refractivity contribution in [3.05, 3.63) is 71.9 Å². The minimum Gasteiger partial charge on any atom is -0.465 e. The first-order valence-electron chi connectivity index (χ1n) is 7.56. The average Bonchev–Trinajstić information content (AvgIpc) is 2.65. The number of halogens is 2. The van der Waals surface area contributed by atoms with Crippen LogP contribution in [-0.4, -0.2) is 23.0 Å². The van der Waals surface area contributed by atoms with E-state index >= 15 is 0 Å². The molecule has 1 heterocycles. The van der Waals surface area contributed by atoms with Crippen LogP contribution in [-0.2, 0) is 4.74 Å². The van der Waals surface area contributed by atoms with Crippen molar-refractivity contribution in [3.63, 3.8) is 0 Å². The maximum atomic E-state index is 13.3. The van der Waals surface area contributed by atoms with Gasteiger partial charge in [0.05, 0.1) is 18.4 Å². The number of benzene rings is 2. The number of carbonyl (C=O) groups excluding carboxylic acids is 1. The van der Waals surface area contributed by atoms with Gasteiger partial charge in [0.1, 0.15) is 5.82 Å². The third-order valence-electron chi connectivity index (χ3n) is 3.43. The molecule has 0 saturated heterocycles. The molecule has 0 radical (unpaired) electrons. The van der Waals surface area contributed by atoms with Crippen LogP contribution in [0.2, 0.25) is 0 Å². The smallest absolute Gasteiger partial charge is 0.339 e. The molecule has 0 amide bonds. The number of para-hydroxylation sites is 1. The van der Waals surface area contributed by atoms with Gasteiger partial charge in [0, 0.05) is 18.0 Å². The summed E-state index contributed by atoms with van der Waals surface area (Å²) in [4.78, 5) is 20.1. The summed E-state index contributed by atoms with van der Waals surface area (Å²) in [7, 11) is 1.30. The number of hydrogen-bond acceptors (Lipinski definition) is 6. The molecular weight excluding hydrogens is 342 g/mol. The molecule has 2 aromatic carbocycles. The number of nitrogens with one attached hydrogen (secondary N) is 2. The number of ether oxygens (including phenoxy) is 1. The molecule has 132 valence electrons. The quantitative estimate of drug-likeness (QED) is 0.672. The molecule has 0 aliphatic rings. The summed E-state index contributed by atoms with van der Waals surface area (Å²) in [5.41, 5.74) is 1.16. The Morgan fingerprint density at radius 1 is 1.04 bits per heavy atom. The monoisotopic (exact) mass is 356 g/mol. The highest BCUT2D eigenvalue weighted by Crippen LogP contribution is 2.22. The van der Waals surface area contributed by atoms with Gasteiger partial charge in [0.25, 0.3) is 0 Å². The van der Waals surface area contributed by atoms with E-state index in [0.29, 0.717) is 22.8 Å². The lowest BCUT2D eigenvalue weighted by molar-refractivity contribution is 0.0602. The van der Waals surface area contributed by atoms with Gasteiger partial charge < -0.3 is 15.4 Å². The van der Waals surface area contributed by atoms with Gasteiger partial charge in [-0.3, -0.25) is 0 Å². The van der Waals surface area contributed by atoms with Crippen molar-refractivity contribution in [1.82, 2.24) is 9.97 Å². The zero-order valence-electron chi connectivity index (χ0n) is 13.7. The topological polar surface area (TPSA) is 76.1 Å². The Bertz CT molecular complexity index is 950. The summed E-state index contributed by atoms with van der Waals surface area (Å²) >= 11 is 0. The molecule has 0 fully saturated rings. The Kier molecular flexibility index (Phi) is 5.02. The van der Waals surface area contributed by atoms with Crippen LogP contribution in [0.3, 0.4) is 0 Å². The number of rotatable bonds is 5. The van der Waals surface area contributed by atoms with Crippen LogP contribution < -0.4 is 10.6 Å². The second kappa shape index (κ2) is 7.56. The van der Waals surface area contributed by atoms with Crippen LogP contribution in [0.25, 0.3) is 0 Å². The molecule has 2 N–H and O–H groups in total. The summed E-state index contributed by atoms with van der Waals surface area (Å²) < 4.78 is 31.0. The maximum Gasteiger partial charge on any atom is 0.339 e. The lowest BCUT2D eigenvalue weighted by Gasteiger charge is -2.11. The number of hydrogen-bond donors (Lipinski definition) is 2. The van der Waals surface area contributed by atoms with Gasteiger partial charge in [-0.2, -0.15) is 4.98 Å². The second-order valence-electron chi connectivity index (χ2n) is 5.18. The number of aromatic nitrogens is 2. The number of anilines is 4. The van der Waals surface area contributed by atoms with E-state index in [9.17, 15) is 13.6 Å². The molecule has 6 nitrogen and oxygen atoms in total. The third-order valence-corrected chi connectivity index (χ3v) is 3.43. The summed E-state index contributed by atoms with van der Waals surface area (Å²) in [6.45, 7) is 0. The third kappa shape index (κ3) is 3.92. The van der Waals surface area contributed by atoms with Crippen LogP contribution in [0.5, 0.6) is 0 Å². The van der Waals surface area contributed by atoms with Gasteiger partial charge in [-0.05, 0) is 30.3 Å². The summed E-state index contributed by atoms with van der Waals surface area (Å²) in [6, 6.07) is 11.8. The van der Waals surface area contributed by atoms with Crippen molar-refractivity contribution in [2.24, 2.45) is 0 Å². The largest absolute Gasteiger partial charge is 0.465 e. The summed E-state index contributed by atoms with van der Waals surface area (Å²) in [5.74, 6) is -1.82. The number of esters is 1. The van der Waals surface area contributed by atoms with Crippen LogP contribution >= 0.6 is 0 Å². The normalized spacial score (nSPS) is 10.3. The van der Waals surface area contributed by atoms with E-state index in [0.717, 1.165) is 12.1 Å². The first kappa shape index (κ1) is 17.3. The second-order valence-corrected chi connectivity index (χ2v) is 5.18.